The molecule has 1 N–H and O–H groups in total. The fourth-order valence-corrected chi connectivity index (χ4v) is 3.44. The van der Waals surface area contributed by atoms with Crippen molar-refractivity contribution in [3.05, 3.63) is 54.6 Å². The molecule has 26 heavy (non-hydrogen) atoms. The molecule has 0 radical (unpaired) electrons. The Morgan fingerprint density at radius 1 is 1.04 bits per heavy atom. The van der Waals surface area contributed by atoms with Crippen LogP contribution in [0.1, 0.15) is 39.0 Å². The van der Waals surface area contributed by atoms with E-state index in [2.05, 4.69) is 5.32 Å². The fraction of sp³-hybridized carbons (Fsp3) is 0.364. The molecule has 0 spiro atoms. The van der Waals surface area contributed by atoms with Crippen molar-refractivity contribution < 1.29 is 14.3 Å². The van der Waals surface area contributed by atoms with Crippen molar-refractivity contribution in [3.8, 4) is 11.1 Å². The Labute approximate surface area is 154 Å². The van der Waals surface area contributed by atoms with E-state index in [9.17, 15) is 9.59 Å². The van der Waals surface area contributed by atoms with Crippen LogP contribution in [-0.2, 0) is 14.3 Å². The number of carbonyl (C=O) groups is 2. The van der Waals surface area contributed by atoms with E-state index in [-0.39, 0.29) is 11.9 Å². The molecule has 0 aromatic heterocycles. The molecule has 1 amide bonds. The van der Waals surface area contributed by atoms with E-state index in [1.807, 2.05) is 54.6 Å². The molecule has 0 saturated heterocycles. The number of amides is 1. The van der Waals surface area contributed by atoms with Gasteiger partial charge in [0.05, 0.1) is 0 Å². The van der Waals surface area contributed by atoms with Gasteiger partial charge in [-0.05, 0) is 37.3 Å². The molecule has 2 aromatic rings. The third-order valence-electron chi connectivity index (χ3n) is 4.88. The van der Waals surface area contributed by atoms with Crippen LogP contribution in [-0.4, -0.2) is 18.0 Å². The zero-order valence-corrected chi connectivity index (χ0v) is 15.1. The molecule has 4 nitrogen and oxygen atoms in total. The average molecular weight is 351 g/mol. The van der Waals surface area contributed by atoms with Crippen molar-refractivity contribution in [2.24, 2.45) is 5.92 Å². The standard InChI is InChI=1S/C22H25NO3/c1-16(26-21(24)15-17-9-5-6-10-17)22(25)23-20-14-8-7-13-19(20)18-11-3-2-4-12-18/h2-4,7-8,11-14,16-17H,5-6,9-10,15H2,1H3,(H,23,25)/t16-/m1/s1. The summed E-state index contributed by atoms with van der Waals surface area (Å²) in [5.74, 6) is -0.180. The summed E-state index contributed by atoms with van der Waals surface area (Å²) in [6.45, 7) is 1.62. The molecule has 0 unspecified atom stereocenters. The van der Waals surface area contributed by atoms with Crippen LogP contribution in [0.2, 0.25) is 0 Å². The normalized spacial score (nSPS) is 15.4. The number of hydrogen-bond donors (Lipinski definition) is 1. The first-order chi connectivity index (χ1) is 12.6. The minimum atomic E-state index is -0.812. The Hall–Kier alpha value is -2.62. The van der Waals surface area contributed by atoms with Gasteiger partial charge in [0.15, 0.2) is 6.10 Å². The number of hydrogen-bond acceptors (Lipinski definition) is 3. The molecule has 1 atom stereocenters. The Kier molecular flexibility index (Phi) is 6.05. The fourth-order valence-electron chi connectivity index (χ4n) is 3.44. The van der Waals surface area contributed by atoms with Crippen molar-refractivity contribution in [3.63, 3.8) is 0 Å². The highest BCUT2D eigenvalue weighted by atomic mass is 16.5. The lowest BCUT2D eigenvalue weighted by Gasteiger charge is -2.17. The summed E-state index contributed by atoms with van der Waals surface area (Å²) in [5, 5.41) is 2.89. The molecule has 1 aliphatic carbocycles. The van der Waals surface area contributed by atoms with Gasteiger partial charge in [0.25, 0.3) is 5.91 Å². The van der Waals surface area contributed by atoms with Gasteiger partial charge in [-0.15, -0.1) is 0 Å². The second-order valence-corrected chi connectivity index (χ2v) is 6.89. The van der Waals surface area contributed by atoms with Crippen molar-refractivity contribution in [2.45, 2.75) is 45.1 Å². The summed E-state index contributed by atoms with van der Waals surface area (Å²) in [6.07, 6.45) is 4.14. The van der Waals surface area contributed by atoms with Crippen molar-refractivity contribution in [1.82, 2.24) is 0 Å². The van der Waals surface area contributed by atoms with Crippen molar-refractivity contribution in [2.75, 3.05) is 5.32 Å². The van der Waals surface area contributed by atoms with Gasteiger partial charge in [0.1, 0.15) is 0 Å². The number of anilines is 1. The lowest BCUT2D eigenvalue weighted by molar-refractivity contribution is -0.154. The zero-order valence-electron chi connectivity index (χ0n) is 15.1. The van der Waals surface area contributed by atoms with E-state index in [1.165, 1.54) is 12.8 Å². The number of para-hydroxylation sites is 1. The second-order valence-electron chi connectivity index (χ2n) is 6.89. The van der Waals surface area contributed by atoms with Gasteiger partial charge < -0.3 is 10.1 Å². The van der Waals surface area contributed by atoms with Gasteiger partial charge in [-0.1, -0.05) is 61.4 Å². The van der Waals surface area contributed by atoms with Gasteiger partial charge >= 0.3 is 5.97 Å². The molecular weight excluding hydrogens is 326 g/mol. The Bertz CT molecular complexity index is 751. The van der Waals surface area contributed by atoms with Gasteiger partial charge in [-0.3, -0.25) is 9.59 Å². The van der Waals surface area contributed by atoms with E-state index in [0.717, 1.165) is 24.0 Å². The quantitative estimate of drug-likeness (QED) is 0.760. The smallest absolute Gasteiger partial charge is 0.306 e. The van der Waals surface area contributed by atoms with Crippen LogP contribution >= 0.6 is 0 Å². The van der Waals surface area contributed by atoms with Gasteiger partial charge in [-0.25, -0.2) is 0 Å². The molecule has 2 aromatic carbocycles. The van der Waals surface area contributed by atoms with E-state index in [0.29, 0.717) is 18.0 Å². The Morgan fingerprint density at radius 3 is 2.42 bits per heavy atom. The zero-order chi connectivity index (χ0) is 18.4. The molecular formula is C22H25NO3. The minimum absolute atomic E-state index is 0.282. The predicted molar refractivity (Wildman–Crippen MR) is 103 cm³/mol. The van der Waals surface area contributed by atoms with Crippen molar-refractivity contribution >= 4 is 17.6 Å². The average Bonchev–Trinajstić information content (AvgIpc) is 3.15. The first-order valence-electron chi connectivity index (χ1n) is 9.28. The molecule has 4 heteroatoms. The molecule has 0 bridgehead atoms. The number of ether oxygens (including phenoxy) is 1. The summed E-state index contributed by atoms with van der Waals surface area (Å²) in [7, 11) is 0. The topological polar surface area (TPSA) is 55.4 Å². The van der Waals surface area contributed by atoms with E-state index in [1.54, 1.807) is 6.92 Å². The first-order valence-corrected chi connectivity index (χ1v) is 9.28. The van der Waals surface area contributed by atoms with Crippen LogP contribution in [0.15, 0.2) is 54.6 Å². The third kappa shape index (κ3) is 4.72. The van der Waals surface area contributed by atoms with Crippen LogP contribution in [0.5, 0.6) is 0 Å². The van der Waals surface area contributed by atoms with Crippen LogP contribution in [0.4, 0.5) is 5.69 Å². The lowest BCUT2D eigenvalue weighted by atomic mass is 10.0. The van der Waals surface area contributed by atoms with E-state index < -0.39 is 6.10 Å². The molecule has 1 aliphatic rings. The minimum Gasteiger partial charge on any atom is -0.453 e. The van der Waals surface area contributed by atoms with Crippen molar-refractivity contribution in [1.29, 1.82) is 0 Å². The Morgan fingerprint density at radius 2 is 1.69 bits per heavy atom. The molecule has 0 aliphatic heterocycles. The van der Waals surface area contributed by atoms with Crippen LogP contribution in [0, 0.1) is 5.92 Å². The van der Waals surface area contributed by atoms with Crippen LogP contribution in [0.3, 0.4) is 0 Å². The summed E-state index contributed by atoms with van der Waals surface area (Å²) < 4.78 is 5.34. The number of carbonyl (C=O) groups excluding carboxylic acids is 2. The summed E-state index contributed by atoms with van der Waals surface area (Å²) in [4.78, 5) is 24.5. The highest BCUT2D eigenvalue weighted by molar-refractivity contribution is 5.98. The maximum absolute atomic E-state index is 12.5. The van der Waals surface area contributed by atoms with Gasteiger partial charge in [0, 0.05) is 17.7 Å². The predicted octanol–water partition coefficient (Wildman–Crippen LogP) is 4.80. The van der Waals surface area contributed by atoms with Gasteiger partial charge in [-0.2, -0.15) is 0 Å². The maximum Gasteiger partial charge on any atom is 0.306 e. The number of nitrogens with one attached hydrogen (secondary N) is 1. The monoisotopic (exact) mass is 351 g/mol. The third-order valence-corrected chi connectivity index (χ3v) is 4.88. The van der Waals surface area contributed by atoms with Crippen LogP contribution < -0.4 is 5.32 Å². The highest BCUT2D eigenvalue weighted by Crippen LogP contribution is 2.29. The highest BCUT2D eigenvalue weighted by Gasteiger charge is 2.23. The van der Waals surface area contributed by atoms with E-state index >= 15 is 0 Å². The SMILES string of the molecule is C[C@@H](OC(=O)CC1CCCC1)C(=O)Nc1ccccc1-c1ccccc1. The van der Waals surface area contributed by atoms with Gasteiger partial charge in [0.2, 0.25) is 0 Å². The molecule has 136 valence electrons. The first kappa shape index (κ1) is 18.2. The van der Waals surface area contributed by atoms with Crippen LogP contribution in [0.25, 0.3) is 11.1 Å². The summed E-state index contributed by atoms with van der Waals surface area (Å²) >= 11 is 0. The largest absolute Gasteiger partial charge is 0.453 e. The number of rotatable bonds is 6. The summed E-state index contributed by atoms with van der Waals surface area (Å²) in [5.41, 5.74) is 2.67. The second kappa shape index (κ2) is 8.65. The Balaban J connectivity index is 1.61. The molecule has 3 rings (SSSR count). The lowest BCUT2D eigenvalue weighted by Crippen LogP contribution is -2.30. The van der Waals surface area contributed by atoms with E-state index in [4.69, 9.17) is 4.74 Å². The summed E-state index contributed by atoms with van der Waals surface area (Å²) in [6, 6.07) is 17.5. The molecule has 0 heterocycles. The maximum atomic E-state index is 12.5. The molecule has 1 saturated carbocycles. The number of esters is 1. The molecule has 1 fully saturated rings. The number of benzene rings is 2.